The van der Waals surface area contributed by atoms with Gasteiger partial charge in [0.25, 0.3) is 0 Å². The van der Waals surface area contributed by atoms with E-state index in [2.05, 4.69) is 6.92 Å². The molecule has 0 bridgehead atoms. The summed E-state index contributed by atoms with van der Waals surface area (Å²) >= 11 is 0. The molecule has 1 N–H and O–H groups in total. The van der Waals surface area contributed by atoms with Crippen molar-refractivity contribution in [1.82, 2.24) is 0 Å². The van der Waals surface area contributed by atoms with E-state index >= 15 is 0 Å². The number of halogens is 1. The maximum Gasteiger partial charge on any atom is 0.116 e. The molecule has 0 aromatic heterocycles. The van der Waals surface area contributed by atoms with Crippen LogP contribution in [0.2, 0.25) is 0 Å². The Bertz CT molecular complexity index is 75.7. The Morgan fingerprint density at radius 3 is 2.50 bits per heavy atom. The van der Waals surface area contributed by atoms with Crippen LogP contribution < -0.4 is 0 Å². The first-order valence-corrected chi connectivity index (χ1v) is 3.96. The third-order valence-electron chi connectivity index (χ3n) is 1.83. The first-order chi connectivity index (χ1) is 4.72. The summed E-state index contributed by atoms with van der Waals surface area (Å²) in [5, 5.41) is 8.98. The lowest BCUT2D eigenvalue weighted by atomic mass is 9.99. The van der Waals surface area contributed by atoms with Crippen LogP contribution in [0.3, 0.4) is 0 Å². The van der Waals surface area contributed by atoms with Crippen molar-refractivity contribution in [2.24, 2.45) is 5.92 Å². The Morgan fingerprint density at radius 1 is 1.50 bits per heavy atom. The molecule has 0 saturated heterocycles. The van der Waals surface area contributed by atoms with Crippen LogP contribution >= 0.6 is 0 Å². The summed E-state index contributed by atoms with van der Waals surface area (Å²) in [4.78, 5) is 0. The van der Waals surface area contributed by atoms with Crippen LogP contribution in [0, 0.1) is 5.92 Å². The van der Waals surface area contributed by atoms with Gasteiger partial charge in [-0.25, -0.2) is 4.39 Å². The van der Waals surface area contributed by atoms with Gasteiger partial charge in [0.15, 0.2) is 0 Å². The predicted molar refractivity (Wildman–Crippen MR) is 40.7 cm³/mol. The third kappa shape index (κ3) is 3.83. The average molecular weight is 148 g/mol. The fourth-order valence-corrected chi connectivity index (χ4v) is 0.871. The first-order valence-electron chi connectivity index (χ1n) is 3.96. The molecule has 0 amide bonds. The van der Waals surface area contributed by atoms with E-state index in [0.717, 1.165) is 19.3 Å². The average Bonchev–Trinajstić information content (AvgIpc) is 1.98. The predicted octanol–water partition coefficient (Wildman–Crippen LogP) is 2.14. The van der Waals surface area contributed by atoms with Gasteiger partial charge in [-0.15, -0.1) is 0 Å². The molecule has 2 atom stereocenters. The quantitative estimate of drug-likeness (QED) is 0.633. The van der Waals surface area contributed by atoms with Gasteiger partial charge in [-0.05, 0) is 12.3 Å². The van der Waals surface area contributed by atoms with Crippen LogP contribution in [0.5, 0.6) is 0 Å². The van der Waals surface area contributed by atoms with Gasteiger partial charge in [0.1, 0.15) is 6.67 Å². The molecule has 0 fully saturated rings. The summed E-state index contributed by atoms with van der Waals surface area (Å²) in [5.74, 6) is 0.116. The minimum atomic E-state index is -0.744. The standard InChI is InChI=1S/C8H17FO/c1-3-4-5-7(2)8(10)6-9/h7-8,10H,3-6H2,1-2H3/t7?,8-/m0/s1. The van der Waals surface area contributed by atoms with E-state index in [1.165, 1.54) is 0 Å². The van der Waals surface area contributed by atoms with Crippen molar-refractivity contribution in [3.63, 3.8) is 0 Å². The van der Waals surface area contributed by atoms with Gasteiger partial charge in [-0.1, -0.05) is 26.7 Å². The minimum Gasteiger partial charge on any atom is -0.390 e. The highest BCUT2D eigenvalue weighted by Crippen LogP contribution is 2.12. The SMILES string of the molecule is CCCCC(C)[C@@H](O)CF. The Labute approximate surface area is 62.3 Å². The summed E-state index contributed by atoms with van der Waals surface area (Å²) in [7, 11) is 0. The molecular weight excluding hydrogens is 131 g/mol. The molecule has 1 unspecified atom stereocenters. The molecule has 0 heterocycles. The van der Waals surface area contributed by atoms with Crippen LogP contribution in [0.15, 0.2) is 0 Å². The molecule has 0 aromatic carbocycles. The Kier molecular flexibility index (Phi) is 5.60. The molecule has 1 nitrogen and oxygen atoms in total. The van der Waals surface area contributed by atoms with Crippen molar-refractivity contribution in [3.8, 4) is 0 Å². The Balaban J connectivity index is 3.31. The second-order valence-electron chi connectivity index (χ2n) is 2.84. The molecule has 0 aliphatic carbocycles. The smallest absolute Gasteiger partial charge is 0.116 e. The zero-order valence-electron chi connectivity index (χ0n) is 6.81. The molecule has 10 heavy (non-hydrogen) atoms. The second kappa shape index (κ2) is 5.66. The van der Waals surface area contributed by atoms with Crippen molar-refractivity contribution >= 4 is 0 Å². The third-order valence-corrected chi connectivity index (χ3v) is 1.83. The fourth-order valence-electron chi connectivity index (χ4n) is 0.871. The summed E-state index contributed by atoms with van der Waals surface area (Å²) in [6, 6.07) is 0. The van der Waals surface area contributed by atoms with E-state index < -0.39 is 12.8 Å². The van der Waals surface area contributed by atoms with Gasteiger partial charge in [0.2, 0.25) is 0 Å². The van der Waals surface area contributed by atoms with Crippen LogP contribution in [0.1, 0.15) is 33.1 Å². The summed E-state index contributed by atoms with van der Waals surface area (Å²) < 4.78 is 11.8. The molecular formula is C8H17FO. The van der Waals surface area contributed by atoms with Crippen molar-refractivity contribution in [1.29, 1.82) is 0 Å². The zero-order chi connectivity index (χ0) is 7.98. The summed E-state index contributed by atoms with van der Waals surface area (Å²) in [6.45, 7) is 3.37. The van der Waals surface area contributed by atoms with E-state index in [-0.39, 0.29) is 5.92 Å². The molecule has 0 radical (unpaired) electrons. The van der Waals surface area contributed by atoms with Gasteiger partial charge < -0.3 is 5.11 Å². The number of hydrogen-bond donors (Lipinski definition) is 1. The molecule has 0 spiro atoms. The molecule has 0 rings (SSSR count). The van der Waals surface area contributed by atoms with Gasteiger partial charge >= 0.3 is 0 Å². The molecule has 0 aliphatic heterocycles. The Morgan fingerprint density at radius 2 is 2.10 bits per heavy atom. The maximum absolute atomic E-state index is 11.8. The minimum absolute atomic E-state index is 0.116. The zero-order valence-corrected chi connectivity index (χ0v) is 6.81. The number of hydrogen-bond acceptors (Lipinski definition) is 1. The van der Waals surface area contributed by atoms with Crippen molar-refractivity contribution in [3.05, 3.63) is 0 Å². The van der Waals surface area contributed by atoms with Crippen LogP contribution in [-0.4, -0.2) is 17.9 Å². The van der Waals surface area contributed by atoms with E-state index in [9.17, 15) is 4.39 Å². The van der Waals surface area contributed by atoms with Crippen molar-refractivity contribution in [2.45, 2.75) is 39.2 Å². The largest absolute Gasteiger partial charge is 0.390 e. The number of unbranched alkanes of at least 4 members (excludes halogenated alkanes) is 1. The van der Waals surface area contributed by atoms with E-state index in [1.54, 1.807) is 0 Å². The normalized spacial score (nSPS) is 16.8. The highest BCUT2D eigenvalue weighted by atomic mass is 19.1. The van der Waals surface area contributed by atoms with Gasteiger partial charge in [0.05, 0.1) is 6.10 Å². The van der Waals surface area contributed by atoms with Crippen LogP contribution in [0.25, 0.3) is 0 Å². The number of aliphatic hydroxyl groups is 1. The fraction of sp³-hybridized carbons (Fsp3) is 1.00. The van der Waals surface area contributed by atoms with Gasteiger partial charge in [-0.2, -0.15) is 0 Å². The number of rotatable bonds is 5. The number of aliphatic hydroxyl groups excluding tert-OH is 1. The molecule has 0 aromatic rings. The molecule has 0 aliphatic rings. The van der Waals surface area contributed by atoms with Crippen molar-refractivity contribution < 1.29 is 9.50 Å². The number of alkyl halides is 1. The van der Waals surface area contributed by atoms with E-state index in [4.69, 9.17) is 5.11 Å². The molecule has 2 heteroatoms. The lowest BCUT2D eigenvalue weighted by Gasteiger charge is -2.14. The lowest BCUT2D eigenvalue weighted by molar-refractivity contribution is 0.0835. The monoisotopic (exact) mass is 148 g/mol. The van der Waals surface area contributed by atoms with E-state index in [0.29, 0.717) is 0 Å². The van der Waals surface area contributed by atoms with Crippen LogP contribution in [-0.2, 0) is 0 Å². The highest BCUT2D eigenvalue weighted by Gasteiger charge is 2.12. The van der Waals surface area contributed by atoms with Crippen molar-refractivity contribution in [2.75, 3.05) is 6.67 Å². The molecule has 62 valence electrons. The highest BCUT2D eigenvalue weighted by molar-refractivity contribution is 4.62. The second-order valence-corrected chi connectivity index (χ2v) is 2.84. The topological polar surface area (TPSA) is 20.2 Å². The van der Waals surface area contributed by atoms with Gasteiger partial charge in [-0.3, -0.25) is 0 Å². The first kappa shape index (κ1) is 9.89. The van der Waals surface area contributed by atoms with Gasteiger partial charge in [0, 0.05) is 0 Å². The summed E-state index contributed by atoms with van der Waals surface area (Å²) in [5.41, 5.74) is 0. The summed E-state index contributed by atoms with van der Waals surface area (Å²) in [6.07, 6.45) is 2.38. The molecule has 0 saturated carbocycles. The Hall–Kier alpha value is -0.110. The van der Waals surface area contributed by atoms with Crippen LogP contribution in [0.4, 0.5) is 4.39 Å². The maximum atomic E-state index is 11.8. The lowest BCUT2D eigenvalue weighted by Crippen LogP contribution is -2.19. The van der Waals surface area contributed by atoms with E-state index in [1.807, 2.05) is 6.92 Å².